The maximum absolute atomic E-state index is 14.1. The molecule has 1 saturated heterocycles. The molecule has 3 heterocycles. The lowest BCUT2D eigenvalue weighted by molar-refractivity contribution is -0.878. The number of alkyl halides is 3. The Kier molecular flexibility index (Phi) is 9.13. The summed E-state index contributed by atoms with van der Waals surface area (Å²) in [5.41, 5.74) is 2.65. The monoisotopic (exact) mass is 640 g/mol. The highest BCUT2D eigenvalue weighted by Gasteiger charge is 2.53. The molecule has 3 aromatic carbocycles. The zero-order valence-electron chi connectivity index (χ0n) is 26.2. The van der Waals surface area contributed by atoms with E-state index >= 15 is 0 Å². The number of piperidine rings is 1. The van der Waals surface area contributed by atoms with Gasteiger partial charge >= 0.3 is 12.3 Å². The highest BCUT2D eigenvalue weighted by Crippen LogP contribution is 2.50. The Morgan fingerprint density at radius 3 is 2.36 bits per heavy atom. The third-order valence-corrected chi connectivity index (χ3v) is 9.20. The number of hydrogen-bond acceptors (Lipinski definition) is 5. The first kappa shape index (κ1) is 32.0. The Morgan fingerprint density at radius 1 is 0.936 bits per heavy atom. The van der Waals surface area contributed by atoms with Gasteiger partial charge < -0.3 is 15.0 Å². The van der Waals surface area contributed by atoms with Crippen LogP contribution in [0.1, 0.15) is 70.9 Å². The van der Waals surface area contributed by atoms with E-state index in [-0.39, 0.29) is 35.5 Å². The molecule has 5 unspecified atom stereocenters. The molecule has 6 rings (SSSR count). The smallest absolute Gasteiger partial charge is 0.415 e. The molecule has 2 N–H and O–H groups in total. The molecule has 2 aromatic heterocycles. The molecule has 5 aromatic rings. The molecular formula is C37H37F3N5O2+. The number of rotatable bonds is 8. The summed E-state index contributed by atoms with van der Waals surface area (Å²) in [6.07, 6.45) is 0.433. The van der Waals surface area contributed by atoms with Crippen LogP contribution in [0.3, 0.4) is 0 Å². The van der Waals surface area contributed by atoms with Gasteiger partial charge in [-0.05, 0) is 47.4 Å². The summed E-state index contributed by atoms with van der Waals surface area (Å²) in [5, 5.41) is 3.46. The average Bonchev–Trinajstić information content (AvgIpc) is 3.62. The maximum Gasteiger partial charge on any atom is 0.516 e. The molecule has 1 aliphatic rings. The van der Waals surface area contributed by atoms with Crippen LogP contribution in [0.15, 0.2) is 116 Å². The molecule has 1 aliphatic heterocycles. The number of anilines is 1. The number of hydrogen-bond donors (Lipinski definition) is 2. The van der Waals surface area contributed by atoms with Crippen molar-refractivity contribution >= 4 is 11.9 Å². The highest BCUT2D eigenvalue weighted by molar-refractivity contribution is 5.60. The number of imidazole rings is 1. The predicted molar refractivity (Wildman–Crippen MR) is 173 cm³/mol. The van der Waals surface area contributed by atoms with Crippen LogP contribution in [-0.4, -0.2) is 39.1 Å². The van der Waals surface area contributed by atoms with Gasteiger partial charge in [-0.3, -0.25) is 0 Å². The van der Waals surface area contributed by atoms with E-state index in [4.69, 9.17) is 4.74 Å². The van der Waals surface area contributed by atoms with Crippen molar-refractivity contribution in [3.63, 3.8) is 0 Å². The quantitative estimate of drug-likeness (QED) is 0.166. The van der Waals surface area contributed by atoms with Crippen molar-refractivity contribution in [2.75, 3.05) is 18.9 Å². The summed E-state index contributed by atoms with van der Waals surface area (Å²) in [6, 6.07) is 28.2. The van der Waals surface area contributed by atoms with E-state index in [1.165, 1.54) is 12.1 Å². The van der Waals surface area contributed by atoms with Crippen molar-refractivity contribution in [1.82, 2.24) is 15.0 Å². The zero-order chi connectivity index (χ0) is 33.0. The van der Waals surface area contributed by atoms with Gasteiger partial charge in [0.2, 0.25) is 0 Å². The molecule has 1 fully saturated rings. The zero-order valence-corrected chi connectivity index (χ0v) is 26.2. The lowest BCUT2D eigenvalue weighted by Gasteiger charge is -2.46. The number of aromatic nitrogens is 3. The van der Waals surface area contributed by atoms with Gasteiger partial charge in [-0.15, -0.1) is 0 Å². The second-order valence-electron chi connectivity index (χ2n) is 12.3. The number of carbonyl (C=O) groups is 1. The largest absolute Gasteiger partial charge is 0.516 e. The minimum Gasteiger partial charge on any atom is -0.415 e. The number of nitrogens with zero attached hydrogens (tertiary/aromatic N) is 3. The van der Waals surface area contributed by atoms with Crippen molar-refractivity contribution in [3.05, 3.63) is 149 Å². The van der Waals surface area contributed by atoms with Gasteiger partial charge in [0.05, 0.1) is 19.2 Å². The molecule has 7 nitrogen and oxygen atoms in total. The van der Waals surface area contributed by atoms with E-state index in [1.54, 1.807) is 24.7 Å². The third kappa shape index (κ3) is 7.07. The van der Waals surface area contributed by atoms with E-state index in [0.29, 0.717) is 23.6 Å². The average molecular weight is 641 g/mol. The molecule has 5 atom stereocenters. The number of amides is 1. The number of aromatic amines is 1. The van der Waals surface area contributed by atoms with Crippen molar-refractivity contribution < 1.29 is 27.2 Å². The number of nitrogens with one attached hydrogen (secondary N) is 2. The van der Waals surface area contributed by atoms with Gasteiger partial charge in [-0.2, -0.15) is 18.0 Å². The molecule has 47 heavy (non-hydrogen) atoms. The van der Waals surface area contributed by atoms with E-state index in [9.17, 15) is 18.0 Å². The fourth-order valence-corrected chi connectivity index (χ4v) is 6.67. The summed E-state index contributed by atoms with van der Waals surface area (Å²) < 4.78 is 47.6. The number of likely N-dealkylation sites (tertiary alicyclic amines) is 1. The first-order chi connectivity index (χ1) is 22.6. The van der Waals surface area contributed by atoms with Gasteiger partial charge in [-0.1, -0.05) is 78.9 Å². The van der Waals surface area contributed by atoms with Crippen LogP contribution in [0.25, 0.3) is 0 Å². The number of likely N-dealkylation sites (N-methyl/N-ethyl adjacent to an activating group) is 1. The molecule has 242 valence electrons. The normalized spacial score (nSPS) is 21.9. The van der Waals surface area contributed by atoms with Crippen molar-refractivity contribution in [1.29, 1.82) is 0 Å². The minimum absolute atomic E-state index is 0.0399. The second kappa shape index (κ2) is 13.4. The first-order valence-electron chi connectivity index (χ1n) is 15.6. The Labute approximate surface area is 272 Å². The Morgan fingerprint density at radius 2 is 1.66 bits per heavy atom. The highest BCUT2D eigenvalue weighted by atomic mass is 19.4. The van der Waals surface area contributed by atoms with E-state index in [2.05, 4.69) is 20.3 Å². The van der Waals surface area contributed by atoms with E-state index in [0.717, 1.165) is 22.8 Å². The van der Waals surface area contributed by atoms with Crippen molar-refractivity contribution in [2.45, 2.75) is 50.0 Å². The Balaban J connectivity index is 1.39. The maximum atomic E-state index is 14.1. The number of benzene rings is 3. The third-order valence-electron chi connectivity index (χ3n) is 9.20. The molecule has 0 saturated carbocycles. The molecule has 10 heteroatoms. The fourth-order valence-electron chi connectivity index (χ4n) is 6.67. The van der Waals surface area contributed by atoms with Gasteiger partial charge in [0, 0.05) is 42.9 Å². The van der Waals surface area contributed by atoms with Crippen LogP contribution in [0.2, 0.25) is 0 Å². The van der Waals surface area contributed by atoms with Crippen LogP contribution in [-0.2, 0) is 17.5 Å². The first-order valence-corrected chi connectivity index (χ1v) is 15.6. The van der Waals surface area contributed by atoms with Crippen LogP contribution in [0.5, 0.6) is 0 Å². The molecule has 0 radical (unpaired) electrons. The van der Waals surface area contributed by atoms with Crippen LogP contribution in [0.4, 0.5) is 23.8 Å². The lowest BCUT2D eigenvalue weighted by Crippen LogP contribution is -2.58. The van der Waals surface area contributed by atoms with Crippen LogP contribution in [0, 0.1) is 0 Å². The number of quaternary nitrogens is 1. The summed E-state index contributed by atoms with van der Waals surface area (Å²) in [5.74, 6) is 0.487. The molecule has 1 amide bonds. The van der Waals surface area contributed by atoms with Crippen molar-refractivity contribution in [2.24, 2.45) is 0 Å². The van der Waals surface area contributed by atoms with Gasteiger partial charge in [-0.25, -0.2) is 14.5 Å². The molecule has 0 spiro atoms. The van der Waals surface area contributed by atoms with Gasteiger partial charge in [0.15, 0.2) is 11.9 Å². The second-order valence-corrected chi connectivity index (χ2v) is 12.3. The summed E-state index contributed by atoms with van der Waals surface area (Å²) in [6.45, 7) is 2.40. The van der Waals surface area contributed by atoms with Gasteiger partial charge in [0.25, 0.3) is 0 Å². The van der Waals surface area contributed by atoms with E-state index < -0.39 is 23.9 Å². The topological polar surface area (TPSA) is 79.9 Å². The fraction of sp³-hybridized carbons (Fsp3) is 0.270. The number of halogens is 3. The summed E-state index contributed by atoms with van der Waals surface area (Å²) in [4.78, 5) is 26.4. The standard InChI is InChI=1S/C37H37F3N5O2/c1-25(27-12-7-4-8-13-27)44-34-21-29(16-17-41-34)32-23-45(2,36(46)47-24-26-10-5-3-6-11-26)33(35-42-18-19-43-35)22-31(32)28-14-9-15-30(20-28)37(38,39)40/h3-21,25,31-33H,22-24H2,1-2H3,(H,41,44)(H,42,43)/q+1. The number of ether oxygens (including phenoxy) is 1. The minimum atomic E-state index is -4.49. The lowest BCUT2D eigenvalue weighted by atomic mass is 9.73. The molecule has 0 aliphatic carbocycles. The number of pyridine rings is 1. The van der Waals surface area contributed by atoms with Crippen LogP contribution < -0.4 is 5.32 Å². The SMILES string of the molecule is CC(Nc1cc(C2C[N+](C)(C(=O)OCc3ccccc3)C(c3ncc[nH]3)CC2c2cccc(C(F)(F)F)c2)ccn1)c1ccccc1. The van der Waals surface area contributed by atoms with Gasteiger partial charge in [0.1, 0.15) is 12.4 Å². The Hall–Kier alpha value is -4.96. The van der Waals surface area contributed by atoms with E-state index in [1.807, 2.05) is 86.8 Å². The van der Waals surface area contributed by atoms with Crippen LogP contribution >= 0.6 is 0 Å². The Bertz CT molecular complexity index is 1780. The molecular weight excluding hydrogens is 603 g/mol. The predicted octanol–water partition coefficient (Wildman–Crippen LogP) is 8.79. The number of H-pyrrole nitrogens is 1. The number of carbonyl (C=O) groups excluding carboxylic acids is 1. The van der Waals surface area contributed by atoms with Crippen molar-refractivity contribution in [3.8, 4) is 0 Å². The summed E-state index contributed by atoms with van der Waals surface area (Å²) >= 11 is 0. The summed E-state index contributed by atoms with van der Waals surface area (Å²) in [7, 11) is 1.83. The molecule has 0 bridgehead atoms.